The zero-order valence-electron chi connectivity index (χ0n) is 22.0. The summed E-state index contributed by atoms with van der Waals surface area (Å²) in [4.78, 5) is 33.9. The molecule has 41 heavy (non-hydrogen) atoms. The highest BCUT2D eigenvalue weighted by atomic mass is 35.5. The lowest BCUT2D eigenvalue weighted by Crippen LogP contribution is -2.78. The highest BCUT2D eigenvalue weighted by Gasteiger charge is 2.73. The molecule has 0 unspecified atom stereocenters. The zero-order chi connectivity index (χ0) is 29.3. The summed E-state index contributed by atoms with van der Waals surface area (Å²) in [5.74, 6) is -2.58. The topological polar surface area (TPSA) is 157 Å². The van der Waals surface area contributed by atoms with Crippen molar-refractivity contribution in [2.24, 2.45) is 5.92 Å². The van der Waals surface area contributed by atoms with Gasteiger partial charge in [-0.3, -0.25) is 9.69 Å². The van der Waals surface area contributed by atoms with Gasteiger partial charge in [-0.1, -0.05) is 29.3 Å². The first-order valence-electron chi connectivity index (χ1n) is 13.7. The van der Waals surface area contributed by atoms with Gasteiger partial charge in [0, 0.05) is 23.7 Å². The summed E-state index contributed by atoms with van der Waals surface area (Å²) in [6.45, 7) is 1.91. The number of amides is 1. The largest absolute Gasteiger partial charge is 0.504 e. The normalized spacial score (nSPS) is 30.8. The van der Waals surface area contributed by atoms with Crippen LogP contribution in [0.1, 0.15) is 53.6 Å². The van der Waals surface area contributed by atoms with Crippen molar-refractivity contribution in [3.8, 4) is 11.5 Å². The number of carboxylic acid groups (broad SMARTS) is 2. The average Bonchev–Trinajstić information content (AvgIpc) is 3.67. The molecule has 0 aromatic heterocycles. The second-order valence-electron chi connectivity index (χ2n) is 11.6. The summed E-state index contributed by atoms with van der Waals surface area (Å²) >= 11 is 12.2. The minimum atomic E-state index is -1.82. The van der Waals surface area contributed by atoms with Gasteiger partial charge in [0.15, 0.2) is 11.5 Å². The van der Waals surface area contributed by atoms with Gasteiger partial charge >= 0.3 is 11.9 Å². The fourth-order valence-corrected chi connectivity index (χ4v) is 7.82. The van der Waals surface area contributed by atoms with Crippen molar-refractivity contribution in [3.63, 3.8) is 0 Å². The first-order chi connectivity index (χ1) is 19.5. The SMILES string of the molecule is O=C(N[C@@H]1CC[C@@]2(O)[C@H]3Cc4ccc(O)c5c4[C@@]2(CCN3CC2CC2)[C@H]1O5)c1ccc(Cl)c(Cl)c1.O=C(O)C(=O)O. The summed E-state index contributed by atoms with van der Waals surface area (Å²) in [6.07, 6.45) is 4.74. The number of halogens is 2. The number of phenols is 1. The molecule has 10 nitrogen and oxygen atoms in total. The van der Waals surface area contributed by atoms with Gasteiger partial charge < -0.3 is 30.5 Å². The third-order valence-corrected chi connectivity index (χ3v) is 10.2. The molecule has 2 aliphatic heterocycles. The maximum atomic E-state index is 13.2. The van der Waals surface area contributed by atoms with Gasteiger partial charge in [-0.25, -0.2) is 9.59 Å². The van der Waals surface area contributed by atoms with E-state index in [0.717, 1.165) is 43.0 Å². The molecule has 2 bridgehead atoms. The van der Waals surface area contributed by atoms with Crippen LogP contribution in [-0.4, -0.2) is 80.1 Å². The quantitative estimate of drug-likeness (QED) is 0.330. The zero-order valence-corrected chi connectivity index (χ0v) is 23.5. The number of ether oxygens (including phenoxy) is 1. The van der Waals surface area contributed by atoms with E-state index < -0.39 is 29.1 Å². The van der Waals surface area contributed by atoms with Gasteiger partial charge in [0.05, 0.1) is 27.1 Å². The molecule has 12 heteroatoms. The van der Waals surface area contributed by atoms with Crippen molar-refractivity contribution >= 4 is 41.0 Å². The van der Waals surface area contributed by atoms with E-state index in [0.29, 0.717) is 34.2 Å². The number of rotatable bonds is 4. The molecule has 1 amide bonds. The number of aliphatic hydroxyl groups is 1. The molecule has 5 aliphatic rings. The molecule has 7 rings (SSSR count). The highest BCUT2D eigenvalue weighted by molar-refractivity contribution is 6.42. The standard InChI is InChI=1S/C27H28Cl2N2O4.C2H2O4/c28-17-5-3-16(11-18(17)29)25(33)30-19-7-8-27(34)21-12-15-4-6-20(32)23-22(15)26(27,24(19)35-23)9-10-31(21)13-14-1-2-14;3-1(4)2(5)6/h3-6,11,14,19,21,24,32,34H,1-2,7-10,12-13H2,(H,30,33);(H,3,4)(H,5,6)/t19-,21-,24+,26+,27-;/m1./s1. The Hall–Kier alpha value is -3.05. The number of aliphatic carboxylic acids is 2. The minimum Gasteiger partial charge on any atom is -0.504 e. The Balaban J connectivity index is 0.000000458. The van der Waals surface area contributed by atoms with Crippen molar-refractivity contribution in [3.05, 3.63) is 57.1 Å². The third-order valence-electron chi connectivity index (χ3n) is 9.44. The second-order valence-corrected chi connectivity index (χ2v) is 12.5. The van der Waals surface area contributed by atoms with Crippen LogP contribution in [0.2, 0.25) is 10.0 Å². The molecule has 5 N–H and O–H groups in total. The number of nitrogens with one attached hydrogen (secondary N) is 1. The van der Waals surface area contributed by atoms with E-state index in [1.54, 1.807) is 24.3 Å². The lowest BCUT2D eigenvalue weighted by Gasteiger charge is -2.64. The van der Waals surface area contributed by atoms with Crippen LogP contribution in [0.3, 0.4) is 0 Å². The Bertz CT molecular complexity index is 1440. The highest BCUT2D eigenvalue weighted by Crippen LogP contribution is 2.65. The van der Waals surface area contributed by atoms with E-state index in [4.69, 9.17) is 47.7 Å². The molecule has 5 atom stereocenters. The lowest BCUT2D eigenvalue weighted by atomic mass is 9.48. The van der Waals surface area contributed by atoms with E-state index in [9.17, 15) is 15.0 Å². The van der Waals surface area contributed by atoms with Crippen LogP contribution in [0.4, 0.5) is 0 Å². The molecule has 2 heterocycles. The number of carbonyl (C=O) groups excluding carboxylic acids is 1. The smallest absolute Gasteiger partial charge is 0.414 e. The number of carboxylic acids is 2. The summed E-state index contributed by atoms with van der Waals surface area (Å²) < 4.78 is 6.51. The summed E-state index contributed by atoms with van der Waals surface area (Å²) in [5.41, 5.74) is 0.903. The molecule has 2 aromatic rings. The summed E-state index contributed by atoms with van der Waals surface area (Å²) in [6, 6.07) is 8.23. The Morgan fingerprint density at radius 1 is 1.02 bits per heavy atom. The lowest BCUT2D eigenvalue weighted by molar-refractivity contribution is -0.191. The molecule has 0 radical (unpaired) electrons. The predicted molar refractivity (Wildman–Crippen MR) is 148 cm³/mol. The third kappa shape index (κ3) is 4.43. The Morgan fingerprint density at radius 3 is 2.41 bits per heavy atom. The minimum absolute atomic E-state index is 0.0117. The van der Waals surface area contributed by atoms with E-state index in [-0.39, 0.29) is 23.7 Å². The summed E-state index contributed by atoms with van der Waals surface area (Å²) in [7, 11) is 0. The van der Waals surface area contributed by atoms with Gasteiger partial charge in [0.1, 0.15) is 6.10 Å². The van der Waals surface area contributed by atoms with Crippen LogP contribution < -0.4 is 10.1 Å². The van der Waals surface area contributed by atoms with Crippen molar-refractivity contribution in [1.29, 1.82) is 0 Å². The fraction of sp³-hybridized carbons (Fsp3) is 0.483. The van der Waals surface area contributed by atoms with Gasteiger partial charge in [-0.15, -0.1) is 0 Å². The second kappa shape index (κ2) is 10.0. The maximum Gasteiger partial charge on any atom is 0.414 e. The number of hydrogen-bond donors (Lipinski definition) is 5. The number of phenolic OH excluding ortho intramolecular Hbond substituents is 1. The number of benzene rings is 2. The van der Waals surface area contributed by atoms with Crippen molar-refractivity contribution in [2.45, 2.75) is 67.7 Å². The molecule has 1 spiro atoms. The number of piperidine rings is 1. The molecular weight excluding hydrogens is 575 g/mol. The molecule has 3 aliphatic carbocycles. The van der Waals surface area contributed by atoms with Crippen LogP contribution in [0.25, 0.3) is 0 Å². The molecule has 2 saturated carbocycles. The van der Waals surface area contributed by atoms with Gasteiger partial charge in [-0.2, -0.15) is 0 Å². The summed E-state index contributed by atoms with van der Waals surface area (Å²) in [5, 5.41) is 41.9. The van der Waals surface area contributed by atoms with Crippen molar-refractivity contribution < 1.29 is 39.5 Å². The fourth-order valence-electron chi connectivity index (χ4n) is 7.52. The number of hydrogen-bond acceptors (Lipinski definition) is 7. The molecule has 2 aromatic carbocycles. The Morgan fingerprint density at radius 2 is 1.76 bits per heavy atom. The monoisotopic (exact) mass is 604 g/mol. The van der Waals surface area contributed by atoms with E-state index >= 15 is 0 Å². The molecule has 218 valence electrons. The van der Waals surface area contributed by atoms with Crippen LogP contribution in [0, 0.1) is 5.92 Å². The van der Waals surface area contributed by atoms with Gasteiger partial charge in [-0.05, 0) is 80.8 Å². The van der Waals surface area contributed by atoms with E-state index in [1.165, 1.54) is 12.8 Å². The van der Waals surface area contributed by atoms with Crippen LogP contribution in [0.5, 0.6) is 11.5 Å². The molecule has 1 saturated heterocycles. The molecule has 3 fully saturated rings. The molecular formula is C29H30Cl2N2O8. The van der Waals surface area contributed by atoms with E-state index in [1.807, 2.05) is 6.07 Å². The van der Waals surface area contributed by atoms with Crippen LogP contribution in [-0.2, 0) is 21.4 Å². The van der Waals surface area contributed by atoms with Crippen molar-refractivity contribution in [2.75, 3.05) is 13.1 Å². The number of carbonyl (C=O) groups is 3. The van der Waals surface area contributed by atoms with Gasteiger partial charge in [0.25, 0.3) is 5.91 Å². The average molecular weight is 605 g/mol. The Labute approximate surface area is 245 Å². The Kier molecular flexibility index (Phi) is 6.88. The first kappa shape index (κ1) is 28.1. The van der Waals surface area contributed by atoms with Gasteiger partial charge in [0.2, 0.25) is 0 Å². The number of likely N-dealkylation sites (tertiary alicyclic amines) is 1. The van der Waals surface area contributed by atoms with Crippen LogP contribution >= 0.6 is 23.2 Å². The van der Waals surface area contributed by atoms with E-state index in [2.05, 4.69) is 10.2 Å². The number of nitrogens with zero attached hydrogens (tertiary/aromatic N) is 1. The number of aromatic hydroxyl groups is 1. The van der Waals surface area contributed by atoms with Crippen LogP contribution in [0.15, 0.2) is 30.3 Å². The van der Waals surface area contributed by atoms with Crippen molar-refractivity contribution in [1.82, 2.24) is 10.2 Å². The first-order valence-corrected chi connectivity index (χ1v) is 14.4. The predicted octanol–water partition coefficient (Wildman–Crippen LogP) is 3.22. The maximum absolute atomic E-state index is 13.2.